The van der Waals surface area contributed by atoms with E-state index in [1.807, 2.05) is 31.2 Å². The van der Waals surface area contributed by atoms with E-state index >= 15 is 0 Å². The summed E-state index contributed by atoms with van der Waals surface area (Å²) in [6.45, 7) is 3.77. The lowest BCUT2D eigenvalue weighted by Gasteiger charge is -2.23. The Kier molecular flexibility index (Phi) is 7.03. The monoisotopic (exact) mass is 393 g/mol. The average Bonchev–Trinajstić information content (AvgIpc) is 2.59. The second kappa shape index (κ2) is 9.03. The summed E-state index contributed by atoms with van der Waals surface area (Å²) >= 11 is 12.0. The second-order valence-corrected chi connectivity index (χ2v) is 6.96. The zero-order chi connectivity index (χ0) is 19.3. The molecular formula is C19H21Cl2N3O2. The highest BCUT2D eigenvalue weighted by Gasteiger charge is 2.21. The molecule has 138 valence electrons. The van der Waals surface area contributed by atoms with Crippen LogP contribution >= 0.6 is 23.2 Å². The second-order valence-electron chi connectivity index (χ2n) is 6.12. The van der Waals surface area contributed by atoms with Gasteiger partial charge in [-0.05, 0) is 51.2 Å². The van der Waals surface area contributed by atoms with Crippen LogP contribution < -0.4 is 10.6 Å². The topological polar surface area (TPSA) is 61.4 Å². The zero-order valence-electron chi connectivity index (χ0n) is 14.8. The fourth-order valence-electron chi connectivity index (χ4n) is 2.23. The first-order valence-electron chi connectivity index (χ1n) is 8.09. The maximum atomic E-state index is 12.4. The van der Waals surface area contributed by atoms with Gasteiger partial charge in [0.25, 0.3) is 0 Å². The number of hydrogen-bond donors (Lipinski definition) is 2. The van der Waals surface area contributed by atoms with Crippen molar-refractivity contribution in [1.29, 1.82) is 0 Å². The fraction of sp³-hybridized carbons (Fsp3) is 0.263. The number of aryl methyl sites for hydroxylation is 1. The number of anilines is 2. The molecule has 0 fully saturated rings. The van der Waals surface area contributed by atoms with Crippen LogP contribution in [0.5, 0.6) is 0 Å². The zero-order valence-corrected chi connectivity index (χ0v) is 16.4. The molecule has 0 saturated carbocycles. The molecule has 2 aromatic rings. The summed E-state index contributed by atoms with van der Waals surface area (Å²) in [4.78, 5) is 26.2. The van der Waals surface area contributed by atoms with Crippen molar-refractivity contribution < 1.29 is 9.59 Å². The van der Waals surface area contributed by atoms with Crippen LogP contribution in [0.2, 0.25) is 10.0 Å². The molecule has 2 aromatic carbocycles. The quantitative estimate of drug-likeness (QED) is 0.772. The third-order valence-corrected chi connectivity index (χ3v) is 4.52. The van der Waals surface area contributed by atoms with E-state index in [-0.39, 0.29) is 18.4 Å². The first kappa shape index (κ1) is 20.2. The molecule has 2 rings (SSSR count). The molecule has 0 aliphatic heterocycles. The Hall–Kier alpha value is -2.08. The van der Waals surface area contributed by atoms with Crippen molar-refractivity contribution in [2.45, 2.75) is 19.9 Å². The summed E-state index contributed by atoms with van der Waals surface area (Å²) in [7, 11) is 1.71. The van der Waals surface area contributed by atoms with E-state index in [2.05, 4.69) is 10.6 Å². The lowest BCUT2D eigenvalue weighted by Crippen LogP contribution is -2.43. The Balaban J connectivity index is 1.92. The molecule has 5 nitrogen and oxygen atoms in total. The summed E-state index contributed by atoms with van der Waals surface area (Å²) < 4.78 is 0. The minimum atomic E-state index is -0.534. The Bertz CT molecular complexity index is 794. The number of amides is 2. The first-order valence-corrected chi connectivity index (χ1v) is 8.84. The van der Waals surface area contributed by atoms with E-state index in [0.29, 0.717) is 15.7 Å². The van der Waals surface area contributed by atoms with Gasteiger partial charge < -0.3 is 10.6 Å². The van der Waals surface area contributed by atoms with Crippen LogP contribution in [0.4, 0.5) is 11.4 Å². The largest absolute Gasteiger partial charge is 0.325 e. The number of hydrogen-bond acceptors (Lipinski definition) is 3. The maximum Gasteiger partial charge on any atom is 0.241 e. The van der Waals surface area contributed by atoms with Crippen LogP contribution in [-0.4, -0.2) is 36.3 Å². The van der Waals surface area contributed by atoms with Crippen LogP contribution in [0.25, 0.3) is 0 Å². The van der Waals surface area contributed by atoms with Crippen molar-refractivity contribution in [3.63, 3.8) is 0 Å². The number of rotatable bonds is 6. The van der Waals surface area contributed by atoms with Gasteiger partial charge in [-0.15, -0.1) is 0 Å². The molecule has 0 aliphatic rings. The first-order chi connectivity index (χ1) is 12.3. The molecule has 1 atom stereocenters. The lowest BCUT2D eigenvalue weighted by molar-refractivity contribution is -0.122. The van der Waals surface area contributed by atoms with E-state index < -0.39 is 6.04 Å². The predicted octanol–water partition coefficient (Wildman–Crippen LogP) is 4.20. The van der Waals surface area contributed by atoms with Gasteiger partial charge in [0.15, 0.2) is 0 Å². The van der Waals surface area contributed by atoms with Gasteiger partial charge in [-0.3, -0.25) is 14.5 Å². The third-order valence-electron chi connectivity index (χ3n) is 3.96. The molecule has 0 aromatic heterocycles. The number of halogens is 2. The molecule has 2 amide bonds. The fourth-order valence-corrected chi connectivity index (χ4v) is 2.57. The van der Waals surface area contributed by atoms with E-state index in [9.17, 15) is 9.59 Å². The lowest BCUT2D eigenvalue weighted by atomic mass is 10.2. The maximum absolute atomic E-state index is 12.4. The number of likely N-dealkylation sites (N-methyl/N-ethyl adjacent to an activating group) is 1. The number of nitrogens with one attached hydrogen (secondary N) is 2. The van der Waals surface area contributed by atoms with E-state index in [1.54, 1.807) is 37.1 Å². The molecule has 0 radical (unpaired) electrons. The van der Waals surface area contributed by atoms with Crippen molar-refractivity contribution in [2.75, 3.05) is 24.2 Å². The number of nitrogens with zero attached hydrogens (tertiary/aromatic N) is 1. The molecular weight excluding hydrogens is 373 g/mol. The summed E-state index contributed by atoms with van der Waals surface area (Å²) in [5.41, 5.74) is 2.27. The van der Waals surface area contributed by atoms with Crippen LogP contribution in [0, 0.1) is 6.92 Å². The molecule has 0 spiro atoms. The highest BCUT2D eigenvalue weighted by atomic mass is 35.5. The highest BCUT2D eigenvalue weighted by Crippen LogP contribution is 2.25. The van der Waals surface area contributed by atoms with Crippen LogP contribution in [0.15, 0.2) is 42.5 Å². The van der Waals surface area contributed by atoms with Crippen molar-refractivity contribution >= 4 is 46.4 Å². The van der Waals surface area contributed by atoms with Gasteiger partial charge in [-0.25, -0.2) is 0 Å². The van der Waals surface area contributed by atoms with Gasteiger partial charge in [-0.2, -0.15) is 0 Å². The minimum absolute atomic E-state index is 0.0751. The van der Waals surface area contributed by atoms with Gasteiger partial charge in [-0.1, -0.05) is 40.9 Å². The predicted molar refractivity (Wildman–Crippen MR) is 107 cm³/mol. The molecule has 0 aliphatic carbocycles. The molecule has 2 N–H and O–H groups in total. The summed E-state index contributed by atoms with van der Waals surface area (Å²) in [6.07, 6.45) is 0. The van der Waals surface area contributed by atoms with E-state index in [0.717, 1.165) is 11.3 Å². The third kappa shape index (κ3) is 5.73. The normalized spacial score (nSPS) is 11.9. The van der Waals surface area contributed by atoms with E-state index in [1.165, 1.54) is 0 Å². The molecule has 0 saturated heterocycles. The smallest absolute Gasteiger partial charge is 0.241 e. The Labute approximate surface area is 163 Å². The summed E-state index contributed by atoms with van der Waals surface area (Å²) in [5.74, 6) is -0.475. The molecule has 0 bridgehead atoms. The Morgan fingerprint density at radius 3 is 2.38 bits per heavy atom. The van der Waals surface area contributed by atoms with Crippen LogP contribution in [0.3, 0.4) is 0 Å². The Morgan fingerprint density at radius 2 is 1.73 bits per heavy atom. The van der Waals surface area contributed by atoms with E-state index in [4.69, 9.17) is 23.2 Å². The molecule has 0 heterocycles. The average molecular weight is 394 g/mol. The van der Waals surface area contributed by atoms with Crippen LogP contribution in [-0.2, 0) is 9.59 Å². The summed E-state index contributed by atoms with van der Waals surface area (Å²) in [6, 6.07) is 11.8. The van der Waals surface area contributed by atoms with Gasteiger partial charge >= 0.3 is 0 Å². The van der Waals surface area contributed by atoms with Crippen LogP contribution in [0.1, 0.15) is 12.5 Å². The van der Waals surface area contributed by atoms with Crippen molar-refractivity contribution in [2.24, 2.45) is 0 Å². The van der Waals surface area contributed by atoms with Crippen molar-refractivity contribution in [3.05, 3.63) is 58.1 Å². The number of benzene rings is 2. The molecule has 0 unspecified atom stereocenters. The molecule has 7 heteroatoms. The van der Waals surface area contributed by atoms with Gasteiger partial charge in [0.1, 0.15) is 0 Å². The molecule has 26 heavy (non-hydrogen) atoms. The van der Waals surface area contributed by atoms with Gasteiger partial charge in [0, 0.05) is 10.7 Å². The standard InChI is InChI=1S/C19H21Cl2N3O2/c1-12-4-7-15(8-5-12)22-18(25)11-24(3)13(2)19(26)23-17-10-14(20)6-9-16(17)21/h4-10,13H,11H2,1-3H3,(H,22,25)(H,23,26)/t13-/m1/s1. The Morgan fingerprint density at radius 1 is 1.08 bits per heavy atom. The van der Waals surface area contributed by atoms with Gasteiger partial charge in [0.2, 0.25) is 11.8 Å². The SMILES string of the molecule is Cc1ccc(NC(=O)CN(C)[C@H](C)C(=O)Nc2cc(Cl)ccc2Cl)cc1. The van der Waals surface area contributed by atoms with Gasteiger partial charge in [0.05, 0.1) is 23.3 Å². The highest BCUT2D eigenvalue weighted by molar-refractivity contribution is 6.35. The van der Waals surface area contributed by atoms with Crippen molar-refractivity contribution in [1.82, 2.24) is 4.90 Å². The van der Waals surface area contributed by atoms with Crippen molar-refractivity contribution in [3.8, 4) is 0 Å². The summed E-state index contributed by atoms with van der Waals surface area (Å²) in [5, 5.41) is 6.41. The number of carbonyl (C=O) groups excluding carboxylic acids is 2. The number of carbonyl (C=O) groups is 2. The minimum Gasteiger partial charge on any atom is -0.325 e.